The van der Waals surface area contributed by atoms with Crippen molar-refractivity contribution in [1.82, 2.24) is 4.98 Å². The Hall–Kier alpha value is -1.14. The van der Waals surface area contributed by atoms with E-state index in [0.717, 1.165) is 0 Å². The topological polar surface area (TPSA) is 83.6 Å². The molecule has 0 spiro atoms. The summed E-state index contributed by atoms with van der Waals surface area (Å²) in [4.78, 5) is 14.9. The molecule has 0 aliphatic rings. The number of carboxylic acid groups (broad SMARTS) is 1. The summed E-state index contributed by atoms with van der Waals surface area (Å²) in [7, 11) is -1.92. The number of carboxylic acids is 1. The summed E-state index contributed by atoms with van der Waals surface area (Å²) in [5.74, 6) is -1.06. The molecule has 0 atom stereocenters. The summed E-state index contributed by atoms with van der Waals surface area (Å²) in [6.07, 6.45) is 0. The van der Waals surface area contributed by atoms with E-state index in [0.29, 0.717) is 5.38 Å². The van der Waals surface area contributed by atoms with E-state index in [2.05, 4.69) is 4.98 Å². The van der Waals surface area contributed by atoms with Gasteiger partial charge in [0.15, 0.2) is 5.69 Å². The highest BCUT2D eigenvalue weighted by Gasteiger charge is 2.34. The number of hydrogen-bond donors (Lipinski definition) is 2. The zero-order valence-corrected chi connectivity index (χ0v) is 11.2. The second kappa shape index (κ2) is 3.71. The molecule has 1 rings (SSSR count). The number of hydrogen-bond acceptors (Lipinski definition) is 4. The van der Waals surface area contributed by atoms with E-state index >= 15 is 0 Å². The van der Waals surface area contributed by atoms with Crippen molar-refractivity contribution in [1.29, 1.82) is 0 Å². The lowest BCUT2D eigenvalue weighted by atomic mass is 10.1. The summed E-state index contributed by atoms with van der Waals surface area (Å²) >= 11 is 0. The molecule has 0 aliphatic heterocycles. The van der Waals surface area contributed by atoms with Crippen molar-refractivity contribution in [3.05, 3.63) is 11.6 Å². The second-order valence-electron chi connectivity index (χ2n) is 5.31. The quantitative estimate of drug-likeness (QED) is 0.778. The lowest BCUT2D eigenvalue weighted by Gasteiger charge is -2.14. The first-order valence-corrected chi connectivity index (χ1v) is 8.51. The van der Waals surface area contributed by atoms with E-state index in [-0.39, 0.29) is 11.6 Å². The molecule has 0 aromatic carbocycles. The lowest BCUT2D eigenvalue weighted by molar-refractivity contribution is 0.0493. The number of carbonyl (C=O) groups is 1. The lowest BCUT2D eigenvalue weighted by Crippen LogP contribution is -2.40. The van der Waals surface area contributed by atoms with Gasteiger partial charge in [-0.05, 0) is 13.8 Å². The third-order valence-electron chi connectivity index (χ3n) is 2.03. The number of aliphatic hydroxyl groups is 1. The van der Waals surface area contributed by atoms with Crippen LogP contribution in [0.1, 0.15) is 30.2 Å². The fourth-order valence-electron chi connectivity index (χ4n) is 1.24. The normalized spacial score (nSPS) is 12.9. The average molecular weight is 243 g/mol. The van der Waals surface area contributed by atoms with Gasteiger partial charge in [0.2, 0.25) is 5.89 Å². The van der Waals surface area contributed by atoms with Crippen LogP contribution in [0.3, 0.4) is 0 Å². The van der Waals surface area contributed by atoms with Crippen LogP contribution < -0.4 is 5.38 Å². The summed E-state index contributed by atoms with van der Waals surface area (Å²) in [6, 6.07) is 0. The van der Waals surface area contributed by atoms with Gasteiger partial charge in [0, 0.05) is 0 Å². The smallest absolute Gasteiger partial charge is 0.357 e. The molecule has 0 bridgehead atoms. The van der Waals surface area contributed by atoms with Gasteiger partial charge >= 0.3 is 5.97 Å². The van der Waals surface area contributed by atoms with Gasteiger partial charge in [0.25, 0.3) is 0 Å². The highest BCUT2D eigenvalue weighted by atomic mass is 28.3. The van der Waals surface area contributed by atoms with Crippen LogP contribution in [-0.2, 0) is 5.60 Å². The Morgan fingerprint density at radius 1 is 1.38 bits per heavy atom. The predicted molar refractivity (Wildman–Crippen MR) is 61.7 cm³/mol. The Bertz CT molecular complexity index is 411. The zero-order valence-electron chi connectivity index (χ0n) is 10.2. The van der Waals surface area contributed by atoms with Gasteiger partial charge in [-0.1, -0.05) is 19.6 Å². The van der Waals surface area contributed by atoms with E-state index < -0.39 is 19.6 Å². The van der Waals surface area contributed by atoms with Crippen molar-refractivity contribution >= 4 is 19.4 Å². The second-order valence-corrected chi connectivity index (χ2v) is 10.3. The molecule has 0 saturated heterocycles. The van der Waals surface area contributed by atoms with Crippen molar-refractivity contribution in [2.24, 2.45) is 0 Å². The third kappa shape index (κ3) is 2.51. The maximum absolute atomic E-state index is 11.0. The Morgan fingerprint density at radius 2 is 1.88 bits per heavy atom. The van der Waals surface area contributed by atoms with E-state index in [1.54, 1.807) is 0 Å². The minimum absolute atomic E-state index is 0.0577. The van der Waals surface area contributed by atoms with Crippen molar-refractivity contribution in [3.63, 3.8) is 0 Å². The van der Waals surface area contributed by atoms with Crippen LogP contribution in [0.2, 0.25) is 19.6 Å². The zero-order chi connectivity index (χ0) is 12.7. The van der Waals surface area contributed by atoms with Gasteiger partial charge in [-0.3, -0.25) is 0 Å². The molecule has 0 amide bonds. The Balaban J connectivity index is 3.38. The molecule has 16 heavy (non-hydrogen) atoms. The standard InChI is InChI=1S/C10H17NO4Si/c1-10(2,14)9-11-6(7(12)13)8(15-9)16(3,4)5/h14H,1-5H3,(H,12,13). The molecule has 5 nitrogen and oxygen atoms in total. The van der Waals surface area contributed by atoms with Crippen molar-refractivity contribution < 1.29 is 19.4 Å². The van der Waals surface area contributed by atoms with Crippen LogP contribution in [0.4, 0.5) is 0 Å². The number of aromatic carboxylic acids is 1. The summed E-state index contributed by atoms with van der Waals surface area (Å²) < 4.78 is 5.42. The Kier molecular flexibility index (Phi) is 2.99. The van der Waals surface area contributed by atoms with E-state index in [1.165, 1.54) is 13.8 Å². The molecule has 0 aliphatic carbocycles. The van der Waals surface area contributed by atoms with E-state index in [1.807, 2.05) is 19.6 Å². The molecule has 2 N–H and O–H groups in total. The largest absolute Gasteiger partial charge is 0.476 e. The van der Waals surface area contributed by atoms with Crippen LogP contribution in [0.25, 0.3) is 0 Å². The van der Waals surface area contributed by atoms with Gasteiger partial charge in [-0.15, -0.1) is 0 Å². The molecule has 0 fully saturated rings. The molecule has 0 radical (unpaired) electrons. The van der Waals surface area contributed by atoms with E-state index in [9.17, 15) is 9.90 Å². The summed E-state index contributed by atoms with van der Waals surface area (Å²) in [5, 5.41) is 19.2. The Morgan fingerprint density at radius 3 is 2.12 bits per heavy atom. The molecule has 1 aromatic heterocycles. The van der Waals surface area contributed by atoms with Crippen LogP contribution in [-0.4, -0.2) is 29.2 Å². The highest BCUT2D eigenvalue weighted by Crippen LogP contribution is 2.19. The summed E-state index contributed by atoms with van der Waals surface area (Å²) in [5.41, 5.74) is -1.33. The molecule has 90 valence electrons. The van der Waals surface area contributed by atoms with Gasteiger partial charge in [-0.25, -0.2) is 9.78 Å². The Labute approximate surface area is 95.1 Å². The first kappa shape index (κ1) is 12.9. The maximum Gasteiger partial charge on any atom is 0.357 e. The minimum Gasteiger partial charge on any atom is -0.476 e. The first-order chi connectivity index (χ1) is 7.03. The SMILES string of the molecule is CC(C)(O)c1nc(C(=O)O)c([Si](C)(C)C)o1. The maximum atomic E-state index is 11.0. The molecule has 1 heterocycles. The van der Waals surface area contributed by atoms with Crippen LogP contribution in [0.15, 0.2) is 4.42 Å². The number of nitrogens with zero attached hydrogens (tertiary/aromatic N) is 1. The first-order valence-electron chi connectivity index (χ1n) is 5.01. The number of rotatable bonds is 3. The van der Waals surface area contributed by atoms with Gasteiger partial charge in [-0.2, -0.15) is 0 Å². The van der Waals surface area contributed by atoms with Gasteiger partial charge < -0.3 is 14.6 Å². The molecule has 0 unspecified atom stereocenters. The van der Waals surface area contributed by atoms with Crippen molar-refractivity contribution in [3.8, 4) is 0 Å². The monoisotopic (exact) mass is 243 g/mol. The van der Waals surface area contributed by atoms with Crippen LogP contribution >= 0.6 is 0 Å². The fourth-order valence-corrected chi connectivity index (χ4v) is 2.51. The fraction of sp³-hybridized carbons (Fsp3) is 0.600. The minimum atomic E-state index is -1.92. The van der Waals surface area contributed by atoms with Crippen molar-refractivity contribution in [2.45, 2.75) is 39.1 Å². The number of oxazole rings is 1. The van der Waals surface area contributed by atoms with Gasteiger partial charge in [0.1, 0.15) is 19.1 Å². The molecule has 1 aromatic rings. The predicted octanol–water partition coefficient (Wildman–Crippen LogP) is 1.15. The highest BCUT2D eigenvalue weighted by molar-refractivity contribution is 6.88. The average Bonchev–Trinajstić information content (AvgIpc) is 2.44. The summed E-state index contributed by atoms with van der Waals surface area (Å²) in [6.45, 7) is 8.92. The van der Waals surface area contributed by atoms with Gasteiger partial charge in [0.05, 0.1) is 0 Å². The molecule has 6 heteroatoms. The molecular weight excluding hydrogens is 226 g/mol. The third-order valence-corrected chi connectivity index (χ3v) is 3.74. The van der Waals surface area contributed by atoms with Crippen LogP contribution in [0, 0.1) is 0 Å². The van der Waals surface area contributed by atoms with Crippen molar-refractivity contribution in [2.75, 3.05) is 0 Å². The van der Waals surface area contributed by atoms with Crippen LogP contribution in [0.5, 0.6) is 0 Å². The van der Waals surface area contributed by atoms with E-state index in [4.69, 9.17) is 9.52 Å². The molecule has 0 saturated carbocycles. The molecular formula is C10H17NO4Si. The number of aromatic nitrogens is 1.